The normalized spacial score (nSPS) is 26.7. The minimum Gasteiger partial charge on any atom is -0.478 e. The number of rotatable bonds is 4. The molecule has 30 heavy (non-hydrogen) atoms. The van der Waals surface area contributed by atoms with Gasteiger partial charge in [-0.15, -0.1) is 0 Å². The van der Waals surface area contributed by atoms with Crippen molar-refractivity contribution in [2.45, 2.75) is 19.3 Å². The highest BCUT2D eigenvalue weighted by atomic mass is 16.4. The standard InChI is InChI=1S/C23H20N2O5/c26-20(24-17-7-2-1-6-16(17)23(29)30)14-4-3-5-15(11-14)25-21(27)18-12-8-9-13(10-12)19(18)22(25)28/h1-7,11-13,18-19H,8-10H2,(H,24,26)(H,29,30). The molecule has 2 aromatic carbocycles. The number of anilines is 2. The van der Waals surface area contributed by atoms with Crippen molar-refractivity contribution in [1.82, 2.24) is 0 Å². The van der Waals surface area contributed by atoms with E-state index >= 15 is 0 Å². The van der Waals surface area contributed by atoms with Gasteiger partial charge in [0.15, 0.2) is 0 Å². The molecule has 2 bridgehead atoms. The Bertz CT molecular complexity index is 1070. The number of fused-ring (bicyclic) bond motifs is 5. The summed E-state index contributed by atoms with van der Waals surface area (Å²) in [4.78, 5) is 51.4. The molecular formula is C23H20N2O5. The second-order valence-electron chi connectivity index (χ2n) is 8.25. The number of nitrogens with zero attached hydrogens (tertiary/aromatic N) is 1. The Morgan fingerprint density at radius 2 is 1.60 bits per heavy atom. The molecule has 2 N–H and O–H groups in total. The topological polar surface area (TPSA) is 104 Å². The number of carboxylic acid groups (broad SMARTS) is 1. The molecule has 4 atom stereocenters. The molecular weight excluding hydrogens is 384 g/mol. The number of benzene rings is 2. The second-order valence-corrected chi connectivity index (χ2v) is 8.25. The van der Waals surface area contributed by atoms with Gasteiger partial charge in [0, 0.05) is 5.56 Å². The van der Waals surface area contributed by atoms with Crippen molar-refractivity contribution < 1.29 is 24.3 Å². The third-order valence-corrected chi connectivity index (χ3v) is 6.70. The number of amides is 3. The van der Waals surface area contributed by atoms with Gasteiger partial charge in [0.05, 0.1) is 28.8 Å². The maximum absolute atomic E-state index is 13.0. The average molecular weight is 404 g/mol. The van der Waals surface area contributed by atoms with Crippen molar-refractivity contribution in [2.75, 3.05) is 10.2 Å². The van der Waals surface area contributed by atoms with Crippen LogP contribution in [0, 0.1) is 23.7 Å². The van der Waals surface area contributed by atoms with Gasteiger partial charge in [0.25, 0.3) is 5.91 Å². The summed E-state index contributed by atoms with van der Waals surface area (Å²) >= 11 is 0. The maximum Gasteiger partial charge on any atom is 0.337 e. The van der Waals surface area contributed by atoms with Crippen molar-refractivity contribution in [2.24, 2.45) is 23.7 Å². The van der Waals surface area contributed by atoms with E-state index in [9.17, 15) is 24.3 Å². The highest BCUT2D eigenvalue weighted by Gasteiger charge is 2.61. The molecule has 1 aliphatic heterocycles. The SMILES string of the molecule is O=C(Nc1ccccc1C(=O)O)c1cccc(N2C(=O)C3C4CCC(C4)C3C2=O)c1. The zero-order chi connectivity index (χ0) is 21.0. The van der Waals surface area contributed by atoms with Gasteiger partial charge in [-0.25, -0.2) is 4.79 Å². The van der Waals surface area contributed by atoms with Crippen LogP contribution in [-0.2, 0) is 9.59 Å². The van der Waals surface area contributed by atoms with E-state index in [0.29, 0.717) is 17.5 Å². The first-order valence-electron chi connectivity index (χ1n) is 10.1. The van der Waals surface area contributed by atoms with Gasteiger partial charge in [-0.2, -0.15) is 0 Å². The number of hydrogen-bond acceptors (Lipinski definition) is 4. The fraction of sp³-hybridized carbons (Fsp3) is 0.304. The lowest BCUT2D eigenvalue weighted by molar-refractivity contribution is -0.123. The maximum atomic E-state index is 13.0. The summed E-state index contributed by atoms with van der Waals surface area (Å²) in [6.07, 6.45) is 2.97. The van der Waals surface area contributed by atoms with Crippen LogP contribution in [0.1, 0.15) is 40.0 Å². The molecule has 7 heteroatoms. The predicted molar refractivity (Wildman–Crippen MR) is 108 cm³/mol. The minimum atomic E-state index is -1.14. The zero-order valence-electron chi connectivity index (χ0n) is 16.1. The largest absolute Gasteiger partial charge is 0.478 e. The lowest BCUT2D eigenvalue weighted by atomic mass is 9.81. The Hall–Kier alpha value is -3.48. The van der Waals surface area contributed by atoms with Crippen molar-refractivity contribution in [3.63, 3.8) is 0 Å². The van der Waals surface area contributed by atoms with Gasteiger partial charge in [0.2, 0.25) is 11.8 Å². The molecule has 1 saturated heterocycles. The Morgan fingerprint density at radius 1 is 0.933 bits per heavy atom. The molecule has 7 nitrogen and oxygen atoms in total. The van der Waals surface area contributed by atoms with Crippen LogP contribution >= 0.6 is 0 Å². The molecule has 4 unspecified atom stereocenters. The Morgan fingerprint density at radius 3 is 2.27 bits per heavy atom. The third kappa shape index (κ3) is 2.73. The molecule has 0 radical (unpaired) electrons. The summed E-state index contributed by atoms with van der Waals surface area (Å²) in [6.45, 7) is 0. The van der Waals surface area contributed by atoms with Crippen molar-refractivity contribution in [1.29, 1.82) is 0 Å². The van der Waals surface area contributed by atoms with Gasteiger partial charge >= 0.3 is 5.97 Å². The van der Waals surface area contributed by atoms with Crippen LogP contribution in [0.15, 0.2) is 48.5 Å². The van der Waals surface area contributed by atoms with E-state index in [4.69, 9.17) is 0 Å². The van der Waals surface area contributed by atoms with E-state index in [1.807, 2.05) is 0 Å². The van der Waals surface area contributed by atoms with E-state index in [0.717, 1.165) is 19.3 Å². The molecule has 5 rings (SSSR count). The van der Waals surface area contributed by atoms with Crippen LogP contribution in [0.2, 0.25) is 0 Å². The molecule has 152 valence electrons. The number of carboxylic acids is 1. The highest BCUT2D eigenvalue weighted by Crippen LogP contribution is 2.56. The Kier molecular flexibility index (Phi) is 4.20. The molecule has 2 aliphatic carbocycles. The molecule has 3 fully saturated rings. The van der Waals surface area contributed by atoms with Gasteiger partial charge in [-0.1, -0.05) is 18.2 Å². The molecule has 2 aromatic rings. The molecule has 3 aliphatic rings. The average Bonchev–Trinajstić information content (AvgIpc) is 3.42. The third-order valence-electron chi connectivity index (χ3n) is 6.70. The summed E-state index contributed by atoms with van der Waals surface area (Å²) in [5, 5.41) is 11.9. The summed E-state index contributed by atoms with van der Waals surface area (Å²) in [5.74, 6) is -1.84. The number of aromatic carboxylic acids is 1. The van der Waals surface area contributed by atoms with E-state index < -0.39 is 11.9 Å². The van der Waals surface area contributed by atoms with Crippen molar-refractivity contribution in [3.8, 4) is 0 Å². The fourth-order valence-corrected chi connectivity index (χ4v) is 5.42. The number of carbonyl (C=O) groups is 4. The van der Waals surface area contributed by atoms with Crippen LogP contribution in [0.3, 0.4) is 0 Å². The monoisotopic (exact) mass is 404 g/mol. The molecule has 0 spiro atoms. The number of hydrogen-bond donors (Lipinski definition) is 2. The smallest absolute Gasteiger partial charge is 0.337 e. The summed E-state index contributed by atoms with van der Waals surface area (Å²) < 4.78 is 0. The van der Waals surface area contributed by atoms with Gasteiger partial charge in [-0.05, 0) is 61.4 Å². The van der Waals surface area contributed by atoms with E-state index in [1.54, 1.807) is 30.3 Å². The van der Waals surface area contributed by atoms with Crippen molar-refractivity contribution in [3.05, 3.63) is 59.7 Å². The van der Waals surface area contributed by atoms with E-state index in [-0.39, 0.29) is 40.5 Å². The van der Waals surface area contributed by atoms with Crippen LogP contribution in [0.5, 0.6) is 0 Å². The lowest BCUT2D eigenvalue weighted by Gasteiger charge is -2.19. The first kappa shape index (κ1) is 18.5. The lowest BCUT2D eigenvalue weighted by Crippen LogP contribution is -2.33. The summed E-state index contributed by atoms with van der Waals surface area (Å²) in [7, 11) is 0. The quantitative estimate of drug-likeness (QED) is 0.762. The van der Waals surface area contributed by atoms with Crippen molar-refractivity contribution >= 4 is 35.1 Å². The van der Waals surface area contributed by atoms with Gasteiger partial charge in [-0.3, -0.25) is 19.3 Å². The number of imide groups is 1. The first-order chi connectivity index (χ1) is 14.5. The zero-order valence-corrected chi connectivity index (χ0v) is 16.1. The van der Waals surface area contributed by atoms with Crippen LogP contribution < -0.4 is 10.2 Å². The molecule has 3 amide bonds. The first-order valence-corrected chi connectivity index (χ1v) is 10.1. The second kappa shape index (κ2) is 6.79. The molecule has 0 aromatic heterocycles. The van der Waals surface area contributed by atoms with Gasteiger partial charge < -0.3 is 10.4 Å². The van der Waals surface area contributed by atoms with Crippen LogP contribution in [0.4, 0.5) is 11.4 Å². The summed E-state index contributed by atoms with van der Waals surface area (Å²) in [5.41, 5.74) is 0.793. The van der Waals surface area contributed by atoms with Gasteiger partial charge in [0.1, 0.15) is 0 Å². The number of para-hydroxylation sites is 1. The fourth-order valence-electron chi connectivity index (χ4n) is 5.42. The Balaban J connectivity index is 1.41. The van der Waals surface area contributed by atoms with E-state index in [2.05, 4.69) is 5.32 Å². The summed E-state index contributed by atoms with van der Waals surface area (Å²) in [6, 6.07) is 12.5. The number of carbonyl (C=O) groups excluding carboxylic acids is 3. The predicted octanol–water partition coefficient (Wildman–Crippen LogP) is 3.17. The van der Waals surface area contributed by atoms with Crippen LogP contribution in [0.25, 0.3) is 0 Å². The highest BCUT2D eigenvalue weighted by molar-refractivity contribution is 6.23. The molecule has 2 saturated carbocycles. The van der Waals surface area contributed by atoms with E-state index in [1.165, 1.54) is 23.1 Å². The van der Waals surface area contributed by atoms with Crippen LogP contribution in [-0.4, -0.2) is 28.8 Å². The molecule has 1 heterocycles. The minimum absolute atomic E-state index is 0.0183. The Labute approximate surface area is 172 Å². The number of nitrogens with one attached hydrogen (secondary N) is 1.